The highest BCUT2D eigenvalue weighted by atomic mass is 19.1. The number of amides is 3. The number of rotatable bonds is 9. The van der Waals surface area contributed by atoms with Crippen molar-refractivity contribution in [2.45, 2.75) is 116 Å². The van der Waals surface area contributed by atoms with Gasteiger partial charge in [0, 0.05) is 79.1 Å². The number of esters is 1. The number of carbonyl (C=O) groups is 4. The Bertz CT molecular complexity index is 2580. The van der Waals surface area contributed by atoms with Crippen molar-refractivity contribution in [2.75, 3.05) is 23.8 Å². The van der Waals surface area contributed by atoms with Crippen LogP contribution in [0.2, 0.25) is 0 Å². The minimum absolute atomic E-state index is 0.0543. The topological polar surface area (TPSA) is 131 Å². The maximum absolute atomic E-state index is 14.1. The quantitative estimate of drug-likeness (QED) is 0.113. The molecular formula is C56H62F4N4O5. The van der Waals surface area contributed by atoms with Gasteiger partial charge < -0.3 is 26.0 Å². The molecule has 8 bridgehead atoms. The van der Waals surface area contributed by atoms with E-state index in [1.165, 1.54) is 101 Å². The Morgan fingerprint density at radius 2 is 1.06 bits per heavy atom. The zero-order valence-corrected chi connectivity index (χ0v) is 39.1. The third-order valence-corrected chi connectivity index (χ3v) is 16.9. The van der Waals surface area contributed by atoms with Crippen LogP contribution in [0, 0.1) is 69.6 Å². The normalized spacial score (nSPS) is 28.6. The summed E-state index contributed by atoms with van der Waals surface area (Å²) in [4.78, 5) is 52.6. The fourth-order valence-electron chi connectivity index (χ4n) is 15.0. The number of cyclic esters (lactones) is 1. The predicted molar refractivity (Wildman–Crippen MR) is 254 cm³/mol. The Kier molecular flexibility index (Phi) is 13.2. The molecular weight excluding hydrogens is 885 g/mol. The maximum Gasteiger partial charge on any atom is 0.338 e. The van der Waals surface area contributed by atoms with Crippen LogP contribution in [0.4, 0.5) is 28.9 Å². The van der Waals surface area contributed by atoms with E-state index in [1.807, 2.05) is 18.2 Å². The molecule has 10 aliphatic rings. The first-order valence-electron chi connectivity index (χ1n) is 25.1. The van der Waals surface area contributed by atoms with Gasteiger partial charge in [0.15, 0.2) is 0 Å². The lowest BCUT2D eigenvalue weighted by Crippen LogP contribution is -2.47. The summed E-state index contributed by atoms with van der Waals surface area (Å²) in [6.45, 7) is 1.01. The number of carbonyl (C=O) groups excluding carboxylic acids is 4. The van der Waals surface area contributed by atoms with Gasteiger partial charge in [-0.05, 0) is 177 Å². The molecule has 0 atom stereocenters. The number of nitrogens with two attached hydrogens (primary N) is 1. The summed E-state index contributed by atoms with van der Waals surface area (Å²) in [7, 11) is 0. The van der Waals surface area contributed by atoms with E-state index in [0.717, 1.165) is 64.5 Å². The maximum atomic E-state index is 14.1. The van der Waals surface area contributed by atoms with Gasteiger partial charge in [-0.15, -0.1) is 0 Å². The minimum atomic E-state index is -0.649. The van der Waals surface area contributed by atoms with Crippen molar-refractivity contribution in [3.8, 4) is 0 Å². The summed E-state index contributed by atoms with van der Waals surface area (Å²) in [6, 6.07) is 17.7. The predicted octanol–water partition coefficient (Wildman–Crippen LogP) is 11.1. The van der Waals surface area contributed by atoms with Gasteiger partial charge in [-0.1, -0.05) is 24.3 Å². The Balaban J connectivity index is 0.000000138. The third-order valence-electron chi connectivity index (χ3n) is 16.9. The van der Waals surface area contributed by atoms with Crippen LogP contribution in [-0.2, 0) is 40.3 Å². The van der Waals surface area contributed by atoms with Crippen molar-refractivity contribution in [2.24, 2.45) is 52.1 Å². The van der Waals surface area contributed by atoms with Gasteiger partial charge in [0.1, 0.15) is 23.3 Å². The summed E-state index contributed by atoms with van der Waals surface area (Å²) in [5.74, 6) is 2.25. The number of nitrogens with one attached hydrogen (secondary N) is 2. The lowest BCUT2D eigenvalue weighted by Gasteiger charge is -2.56. The van der Waals surface area contributed by atoms with Crippen LogP contribution in [0.1, 0.15) is 133 Å². The highest BCUT2D eigenvalue weighted by molar-refractivity contribution is 6.01. The second-order valence-electron chi connectivity index (χ2n) is 22.0. The number of hydrogen-bond acceptors (Lipinski definition) is 6. The lowest BCUT2D eigenvalue weighted by molar-refractivity contribution is -0.125. The van der Waals surface area contributed by atoms with Gasteiger partial charge >= 0.3 is 5.97 Å². The first-order valence-corrected chi connectivity index (χ1v) is 25.1. The molecule has 2 aliphatic heterocycles. The first-order chi connectivity index (χ1) is 33.2. The SMILES string of the molecule is NCc1ccc(F)cc1F.O=C(CC12CC3CC(CC(C3)C1)C2)Nc1cccc2c1CCN(Cc1ccc(F)cc1F)C2=O.O=C(CC12CC3CC(CC(C3)C1)C2)Nc1cccc2c1CCOC2=O. The molecule has 8 fully saturated rings. The molecule has 2 heterocycles. The summed E-state index contributed by atoms with van der Waals surface area (Å²) in [6.07, 6.45) is 18.0. The molecule has 0 radical (unpaired) electrons. The molecule has 4 aromatic carbocycles. The van der Waals surface area contributed by atoms with Crippen LogP contribution < -0.4 is 16.4 Å². The smallest absolute Gasteiger partial charge is 0.338 e. The standard InChI is InChI=1S/C28H30F2N2O2.C21H25NO3.C7H7F2N/c29-21-5-4-20(24(30)11-21)16-32-7-6-22-23(27(32)34)2-1-3-25(22)31-26(33)15-28-12-17-8-18(13-28)10-19(9-17)14-28;23-19(12-21-9-13-6-14(10-21)8-15(7-13)11-21)22-18-3-1-2-17-16(18)4-5-25-20(17)24;8-6-2-1-5(4-10)7(9)3-6/h1-5,11,17-19H,6-10,12-16H2,(H,31,33);1-3,13-15H,4-12H2,(H,22,23);1-3H,4,10H2. The first kappa shape index (κ1) is 47.1. The molecule has 4 aromatic rings. The molecule has 0 spiro atoms. The molecule has 0 aromatic heterocycles. The van der Waals surface area contributed by atoms with Gasteiger partial charge in [-0.2, -0.15) is 0 Å². The molecule has 4 N–H and O–H groups in total. The van der Waals surface area contributed by atoms with Gasteiger partial charge in [0.2, 0.25) is 11.8 Å². The molecule has 13 heteroatoms. The molecule has 14 rings (SSSR count). The fraction of sp³-hybridized carbons (Fsp3) is 0.500. The van der Waals surface area contributed by atoms with Crippen LogP contribution in [0.3, 0.4) is 0 Å². The number of benzene rings is 4. The van der Waals surface area contributed by atoms with Crippen molar-refractivity contribution in [1.82, 2.24) is 4.90 Å². The largest absolute Gasteiger partial charge is 0.462 e. The molecule has 8 aliphatic carbocycles. The summed E-state index contributed by atoms with van der Waals surface area (Å²) in [5.41, 5.74) is 10.6. The summed E-state index contributed by atoms with van der Waals surface area (Å²) in [5, 5.41) is 6.25. The second-order valence-corrected chi connectivity index (χ2v) is 22.0. The van der Waals surface area contributed by atoms with Crippen molar-refractivity contribution in [3.05, 3.63) is 129 Å². The Labute approximate surface area is 401 Å². The van der Waals surface area contributed by atoms with Crippen LogP contribution in [0.5, 0.6) is 0 Å². The highest BCUT2D eigenvalue weighted by Gasteiger charge is 2.53. The molecule has 3 amide bonds. The van der Waals surface area contributed by atoms with Crippen molar-refractivity contribution in [3.63, 3.8) is 0 Å². The zero-order chi connectivity index (χ0) is 48.0. The number of ether oxygens (including phenoxy) is 1. The van der Waals surface area contributed by atoms with E-state index in [0.29, 0.717) is 66.8 Å². The number of fused-ring (bicyclic) bond motifs is 2. The number of nitrogens with zero attached hydrogens (tertiary/aromatic N) is 1. The van der Waals surface area contributed by atoms with Gasteiger partial charge in [0.25, 0.3) is 5.91 Å². The minimum Gasteiger partial charge on any atom is -0.462 e. The van der Waals surface area contributed by atoms with Crippen LogP contribution >= 0.6 is 0 Å². The number of hydrogen-bond donors (Lipinski definition) is 3. The Hall–Kier alpha value is -5.56. The van der Waals surface area contributed by atoms with Crippen molar-refractivity contribution in [1.29, 1.82) is 0 Å². The van der Waals surface area contributed by atoms with Gasteiger partial charge in [0.05, 0.1) is 12.2 Å². The van der Waals surface area contributed by atoms with E-state index in [9.17, 15) is 36.7 Å². The lowest BCUT2D eigenvalue weighted by atomic mass is 9.49. The monoisotopic (exact) mass is 946 g/mol. The second kappa shape index (κ2) is 19.3. The molecule has 0 saturated heterocycles. The fourth-order valence-corrected chi connectivity index (χ4v) is 15.0. The van der Waals surface area contributed by atoms with E-state index in [1.54, 1.807) is 23.1 Å². The van der Waals surface area contributed by atoms with Crippen LogP contribution in [0.25, 0.3) is 0 Å². The van der Waals surface area contributed by atoms with Gasteiger partial charge in [-0.25, -0.2) is 22.4 Å². The third kappa shape index (κ3) is 10.2. The summed E-state index contributed by atoms with van der Waals surface area (Å²) < 4.78 is 57.2. The molecule has 9 nitrogen and oxygen atoms in total. The molecule has 364 valence electrons. The average Bonchev–Trinajstić information content (AvgIpc) is 3.28. The van der Waals surface area contributed by atoms with E-state index < -0.39 is 23.3 Å². The highest BCUT2D eigenvalue weighted by Crippen LogP contribution is 2.62. The van der Waals surface area contributed by atoms with Gasteiger partial charge in [-0.3, -0.25) is 14.4 Å². The van der Waals surface area contributed by atoms with Crippen molar-refractivity contribution >= 4 is 35.1 Å². The van der Waals surface area contributed by atoms with E-state index in [-0.39, 0.29) is 47.6 Å². The Morgan fingerprint density at radius 1 is 0.609 bits per heavy atom. The molecule has 8 saturated carbocycles. The number of anilines is 2. The van der Waals surface area contributed by atoms with Crippen molar-refractivity contribution < 1.29 is 41.5 Å². The van der Waals surface area contributed by atoms with E-state index in [2.05, 4.69) is 10.6 Å². The Morgan fingerprint density at radius 3 is 1.52 bits per heavy atom. The molecule has 69 heavy (non-hydrogen) atoms. The van der Waals surface area contributed by atoms with Crippen LogP contribution in [-0.4, -0.2) is 41.7 Å². The van der Waals surface area contributed by atoms with E-state index >= 15 is 0 Å². The van der Waals surface area contributed by atoms with Crippen LogP contribution in [0.15, 0.2) is 72.8 Å². The average molecular weight is 947 g/mol. The van der Waals surface area contributed by atoms with E-state index in [4.69, 9.17) is 10.5 Å². The zero-order valence-electron chi connectivity index (χ0n) is 39.1. The number of halogens is 4. The summed E-state index contributed by atoms with van der Waals surface area (Å²) >= 11 is 0. The molecule has 0 unspecified atom stereocenters.